The van der Waals surface area contributed by atoms with Crippen LogP contribution in [0.1, 0.15) is 44.6 Å². The Kier molecular flexibility index (Phi) is 4.06. The van der Waals surface area contributed by atoms with Crippen molar-refractivity contribution in [1.29, 1.82) is 0 Å². The molecule has 1 aromatic carbocycles. The number of benzene rings is 1. The van der Waals surface area contributed by atoms with E-state index in [2.05, 4.69) is 30.1 Å². The zero-order valence-electron chi connectivity index (χ0n) is 15.8. The van der Waals surface area contributed by atoms with Gasteiger partial charge in [0.2, 0.25) is 0 Å². The molecule has 5 rings (SSSR count). The summed E-state index contributed by atoms with van der Waals surface area (Å²) in [4.78, 5) is 42.3. The number of aryl methyl sites for hydroxylation is 1. The number of H-pyrrole nitrogens is 1. The second kappa shape index (κ2) is 6.79. The molecule has 1 amide bonds. The molecular formula is C19H15N7O5. The molecule has 0 saturated heterocycles. The van der Waals surface area contributed by atoms with Crippen LogP contribution in [0.15, 0.2) is 39.8 Å². The molecule has 12 heteroatoms. The number of carbonyl (C=O) groups excluding carboxylic acids is 1. The van der Waals surface area contributed by atoms with Gasteiger partial charge in [0, 0.05) is 11.6 Å². The normalized spacial score (nSPS) is 15.2. The van der Waals surface area contributed by atoms with Crippen LogP contribution in [-0.2, 0) is 6.42 Å². The molecule has 1 aliphatic rings. The van der Waals surface area contributed by atoms with Crippen LogP contribution in [0.2, 0.25) is 0 Å². The number of nitrogens with one attached hydrogen (secondary N) is 2. The number of nitrogens with zero attached hydrogens (tertiary/aromatic N) is 4. The maximum Gasteiger partial charge on any atom is 0.439 e. The first-order valence-corrected chi connectivity index (χ1v) is 9.28. The Balaban J connectivity index is 1.43. The second-order valence-electron chi connectivity index (χ2n) is 7.09. The van der Waals surface area contributed by atoms with Crippen LogP contribution in [-0.4, -0.2) is 41.7 Å². The third-order valence-electron chi connectivity index (χ3n) is 5.19. The number of nitrogens with two attached hydrogens (primary N) is 1. The molecule has 0 fully saturated rings. The highest BCUT2D eigenvalue weighted by Crippen LogP contribution is 2.33. The molecule has 0 bridgehead atoms. The maximum absolute atomic E-state index is 12.9. The third-order valence-corrected chi connectivity index (χ3v) is 5.19. The molecule has 5 N–H and O–H groups in total. The summed E-state index contributed by atoms with van der Waals surface area (Å²) in [6.45, 7) is 0. The lowest BCUT2D eigenvalue weighted by atomic mass is 10.0. The van der Waals surface area contributed by atoms with Gasteiger partial charge in [0.05, 0.1) is 17.9 Å². The van der Waals surface area contributed by atoms with Crippen LogP contribution < -0.4 is 16.8 Å². The van der Waals surface area contributed by atoms with Crippen molar-refractivity contribution in [2.75, 3.05) is 5.73 Å². The van der Waals surface area contributed by atoms with E-state index in [4.69, 9.17) is 5.73 Å². The zero-order valence-corrected chi connectivity index (χ0v) is 15.8. The molecule has 1 atom stereocenters. The van der Waals surface area contributed by atoms with E-state index in [1.165, 1.54) is 6.20 Å². The first-order valence-electron chi connectivity index (χ1n) is 9.28. The molecule has 31 heavy (non-hydrogen) atoms. The SMILES string of the molecule is Nc1cnn2c(C(=O)O)cc(C(=O)N[C@H]3CCc4cc(-c5noc(=O)[nH]5)ccc43)nc12. The lowest BCUT2D eigenvalue weighted by Gasteiger charge is -2.14. The van der Waals surface area contributed by atoms with Crippen molar-refractivity contribution in [3.05, 3.63) is 63.5 Å². The second-order valence-corrected chi connectivity index (χ2v) is 7.09. The van der Waals surface area contributed by atoms with Crippen molar-refractivity contribution in [2.45, 2.75) is 18.9 Å². The summed E-state index contributed by atoms with van der Waals surface area (Å²) in [5.74, 6) is -2.08. The van der Waals surface area contributed by atoms with E-state index in [-0.39, 0.29) is 28.8 Å². The van der Waals surface area contributed by atoms with Crippen molar-refractivity contribution < 1.29 is 19.2 Å². The van der Waals surface area contributed by atoms with E-state index in [1.807, 2.05) is 12.1 Å². The molecule has 156 valence electrons. The average Bonchev–Trinajstić information content (AvgIpc) is 3.46. The Morgan fingerprint density at radius 1 is 1.32 bits per heavy atom. The molecular weight excluding hydrogens is 406 g/mol. The fourth-order valence-electron chi connectivity index (χ4n) is 3.75. The minimum atomic E-state index is -1.26. The number of aromatic carboxylic acids is 1. The van der Waals surface area contributed by atoms with Crippen LogP contribution >= 0.6 is 0 Å². The number of aromatic amines is 1. The summed E-state index contributed by atoms with van der Waals surface area (Å²) in [6.07, 6.45) is 2.64. The van der Waals surface area contributed by atoms with Gasteiger partial charge >= 0.3 is 11.7 Å². The molecule has 0 aliphatic heterocycles. The highest BCUT2D eigenvalue weighted by Gasteiger charge is 2.26. The molecule has 1 aliphatic carbocycles. The summed E-state index contributed by atoms with van der Waals surface area (Å²) in [6, 6.07) is 6.40. The molecule has 3 aromatic heterocycles. The fraction of sp³-hybridized carbons (Fsp3) is 0.158. The van der Waals surface area contributed by atoms with Crippen molar-refractivity contribution in [3.8, 4) is 11.4 Å². The van der Waals surface area contributed by atoms with E-state index >= 15 is 0 Å². The Labute approximate surface area is 172 Å². The van der Waals surface area contributed by atoms with Gasteiger partial charge in [-0.2, -0.15) is 5.10 Å². The Hall–Kier alpha value is -4.48. The van der Waals surface area contributed by atoms with Crippen LogP contribution in [0.4, 0.5) is 5.69 Å². The number of carboxylic acids is 1. The van der Waals surface area contributed by atoms with Gasteiger partial charge in [0.15, 0.2) is 17.2 Å². The van der Waals surface area contributed by atoms with E-state index in [9.17, 15) is 19.5 Å². The van der Waals surface area contributed by atoms with Gasteiger partial charge in [0.25, 0.3) is 5.91 Å². The van der Waals surface area contributed by atoms with Gasteiger partial charge in [0.1, 0.15) is 5.69 Å². The Morgan fingerprint density at radius 3 is 2.90 bits per heavy atom. The van der Waals surface area contributed by atoms with Crippen LogP contribution in [0.5, 0.6) is 0 Å². The van der Waals surface area contributed by atoms with Crippen LogP contribution in [0.25, 0.3) is 17.0 Å². The van der Waals surface area contributed by atoms with Gasteiger partial charge < -0.3 is 16.2 Å². The molecule has 0 saturated carbocycles. The number of rotatable bonds is 4. The zero-order chi connectivity index (χ0) is 21.7. The van der Waals surface area contributed by atoms with Gasteiger partial charge in [-0.05, 0) is 30.0 Å². The smallest absolute Gasteiger partial charge is 0.439 e. The van der Waals surface area contributed by atoms with Gasteiger partial charge in [-0.3, -0.25) is 14.3 Å². The minimum absolute atomic E-state index is 0.0673. The highest BCUT2D eigenvalue weighted by molar-refractivity contribution is 5.96. The van der Waals surface area contributed by atoms with E-state index in [0.717, 1.165) is 21.7 Å². The maximum atomic E-state index is 12.9. The predicted octanol–water partition coefficient (Wildman–Crippen LogP) is 0.770. The summed E-state index contributed by atoms with van der Waals surface area (Å²) < 4.78 is 5.62. The number of carboxylic acid groups (broad SMARTS) is 1. The van der Waals surface area contributed by atoms with Crippen LogP contribution in [0.3, 0.4) is 0 Å². The number of hydrogen-bond donors (Lipinski definition) is 4. The standard InChI is InChI=1S/C19H15N7O5/c20-11-7-21-26-14(18(28)29)6-13(22-16(11)26)17(27)23-12-4-2-8-5-9(1-3-10(8)12)15-24-19(30)31-25-15/h1,3,5-7,12H,2,4,20H2,(H,23,27)(H,28,29)(H,24,25,30)/t12-/m0/s1. The largest absolute Gasteiger partial charge is 0.477 e. The molecule has 0 radical (unpaired) electrons. The third kappa shape index (κ3) is 3.10. The minimum Gasteiger partial charge on any atom is -0.477 e. The first-order chi connectivity index (χ1) is 14.9. The fourth-order valence-corrected chi connectivity index (χ4v) is 3.75. The van der Waals surface area contributed by atoms with Crippen molar-refractivity contribution in [2.24, 2.45) is 0 Å². The summed E-state index contributed by atoms with van der Waals surface area (Å²) in [7, 11) is 0. The van der Waals surface area contributed by atoms with Gasteiger partial charge in [-0.25, -0.2) is 19.1 Å². The van der Waals surface area contributed by atoms with Crippen molar-refractivity contribution in [1.82, 2.24) is 30.1 Å². The monoisotopic (exact) mass is 421 g/mol. The number of aromatic nitrogens is 5. The lowest BCUT2D eigenvalue weighted by molar-refractivity contribution is 0.0687. The van der Waals surface area contributed by atoms with E-state index < -0.39 is 17.6 Å². The van der Waals surface area contributed by atoms with E-state index in [0.29, 0.717) is 24.2 Å². The van der Waals surface area contributed by atoms with E-state index in [1.54, 1.807) is 6.07 Å². The number of anilines is 1. The Bertz CT molecular complexity index is 1420. The topological polar surface area (TPSA) is 182 Å². The average molecular weight is 421 g/mol. The number of nitrogen functional groups attached to an aromatic ring is 1. The Morgan fingerprint density at radius 2 is 2.16 bits per heavy atom. The predicted molar refractivity (Wildman–Crippen MR) is 105 cm³/mol. The lowest BCUT2D eigenvalue weighted by Crippen LogP contribution is -2.28. The number of hydrogen-bond acceptors (Lipinski definition) is 8. The quantitative estimate of drug-likeness (QED) is 0.370. The molecule has 0 spiro atoms. The number of amides is 1. The molecule has 0 unspecified atom stereocenters. The molecule has 12 nitrogen and oxygen atoms in total. The summed E-state index contributed by atoms with van der Waals surface area (Å²) >= 11 is 0. The number of fused-ring (bicyclic) bond motifs is 2. The summed E-state index contributed by atoms with van der Waals surface area (Å²) in [5.41, 5.74) is 8.41. The number of carbonyl (C=O) groups is 2. The highest BCUT2D eigenvalue weighted by atomic mass is 16.5. The van der Waals surface area contributed by atoms with Crippen molar-refractivity contribution in [3.63, 3.8) is 0 Å². The molecule has 3 heterocycles. The summed E-state index contributed by atoms with van der Waals surface area (Å²) in [5, 5.41) is 19.9. The molecule has 4 aromatic rings. The van der Waals surface area contributed by atoms with Gasteiger partial charge in [-0.15, -0.1) is 0 Å². The van der Waals surface area contributed by atoms with Crippen LogP contribution in [0, 0.1) is 0 Å². The van der Waals surface area contributed by atoms with Crippen molar-refractivity contribution >= 4 is 23.2 Å². The first kappa shape index (κ1) is 18.5. The van der Waals surface area contributed by atoms with Gasteiger partial charge in [-0.1, -0.05) is 17.3 Å².